The number of rotatable bonds is 8. The highest BCUT2D eigenvalue weighted by molar-refractivity contribution is 7.51. The third-order valence-corrected chi connectivity index (χ3v) is 7.75. The maximum atomic E-state index is 14.5. The predicted molar refractivity (Wildman–Crippen MR) is 123 cm³/mol. The molecule has 1 aromatic carbocycles. The minimum absolute atomic E-state index is 0.174. The van der Waals surface area contributed by atoms with E-state index >= 15 is 0 Å². The van der Waals surface area contributed by atoms with Gasteiger partial charge < -0.3 is 5.73 Å². The fraction of sp³-hybridized carbons (Fsp3) is 0.350. The van der Waals surface area contributed by atoms with E-state index in [9.17, 15) is 4.39 Å². The molecule has 2 heterocycles. The largest absolute Gasteiger partial charge is 0.368 e. The van der Waals surface area contributed by atoms with Gasteiger partial charge in [-0.2, -0.15) is 0 Å². The fourth-order valence-corrected chi connectivity index (χ4v) is 5.45. The Labute approximate surface area is 184 Å². The lowest BCUT2D eigenvalue weighted by Gasteiger charge is -2.16. The van der Waals surface area contributed by atoms with Gasteiger partial charge >= 0.3 is 0 Å². The van der Waals surface area contributed by atoms with Gasteiger partial charge in [-0.3, -0.25) is 10.1 Å². The van der Waals surface area contributed by atoms with Crippen molar-refractivity contribution in [2.45, 2.75) is 32.1 Å². The molecule has 2 aromatic heterocycles. The number of hydrogen-bond donors (Lipinski definition) is 2. The molecule has 1 fully saturated rings. The van der Waals surface area contributed by atoms with E-state index in [-0.39, 0.29) is 5.95 Å². The average molecular weight is 466 g/mol. The van der Waals surface area contributed by atoms with Gasteiger partial charge in [-0.25, -0.2) is 19.3 Å². The van der Waals surface area contributed by atoms with Gasteiger partial charge in [-0.15, -0.1) is 11.3 Å². The summed E-state index contributed by atoms with van der Waals surface area (Å²) in [6.07, 6.45) is 5.77. The zero-order valence-corrected chi connectivity index (χ0v) is 19.1. The zero-order valence-electron chi connectivity index (χ0n) is 16.7. The zero-order chi connectivity index (χ0) is 21.3. The van der Waals surface area contributed by atoms with Crippen LogP contribution < -0.4 is 11.2 Å². The lowest BCUT2D eigenvalue weighted by atomic mass is 10.1. The normalized spacial score (nSPS) is 14.7. The first-order valence-corrected chi connectivity index (χ1v) is 12.8. The summed E-state index contributed by atoms with van der Waals surface area (Å²) < 4.78 is 20.2. The Morgan fingerprint density at radius 2 is 2.17 bits per heavy atom. The van der Waals surface area contributed by atoms with Crippen molar-refractivity contribution < 1.29 is 9.01 Å². The summed E-state index contributed by atoms with van der Waals surface area (Å²) >= 11 is 8.22. The Balaban J connectivity index is 1.76. The van der Waals surface area contributed by atoms with Crippen molar-refractivity contribution in [1.82, 2.24) is 15.0 Å². The van der Waals surface area contributed by atoms with E-state index in [0.717, 1.165) is 35.3 Å². The molecule has 0 aliphatic heterocycles. The van der Waals surface area contributed by atoms with Gasteiger partial charge in [-0.05, 0) is 44.2 Å². The highest BCUT2D eigenvalue weighted by Crippen LogP contribution is 2.48. The van der Waals surface area contributed by atoms with E-state index in [1.165, 1.54) is 12.1 Å². The molecule has 0 spiro atoms. The number of anilines is 2. The molecule has 3 aromatic rings. The molecule has 1 aliphatic rings. The van der Waals surface area contributed by atoms with Gasteiger partial charge in [0.05, 0.1) is 40.1 Å². The highest BCUT2D eigenvalue weighted by atomic mass is 35.5. The minimum Gasteiger partial charge on any atom is -0.368 e. The molecule has 1 saturated carbocycles. The number of hydrogen-bond acceptors (Lipinski definition) is 7. The van der Waals surface area contributed by atoms with Crippen LogP contribution in [0.1, 0.15) is 37.1 Å². The Kier molecular flexibility index (Phi) is 6.48. The van der Waals surface area contributed by atoms with Gasteiger partial charge in [0.2, 0.25) is 5.95 Å². The molecule has 1 atom stereocenters. The van der Waals surface area contributed by atoms with E-state index in [0.29, 0.717) is 33.6 Å². The van der Waals surface area contributed by atoms with Crippen LogP contribution in [0, 0.1) is 5.82 Å². The molecule has 158 valence electrons. The van der Waals surface area contributed by atoms with Crippen LogP contribution in [0.4, 0.5) is 16.0 Å². The summed E-state index contributed by atoms with van der Waals surface area (Å²) in [6, 6.07) is 4.50. The summed E-state index contributed by atoms with van der Waals surface area (Å²) in [5.74, 6) is 0.186. The Morgan fingerprint density at radius 1 is 1.37 bits per heavy atom. The molecular weight excluding hydrogens is 444 g/mol. The van der Waals surface area contributed by atoms with Crippen LogP contribution >= 0.6 is 31.1 Å². The molecule has 0 bridgehead atoms. The van der Waals surface area contributed by atoms with Gasteiger partial charge in [0, 0.05) is 23.7 Å². The topological polar surface area (TPSA) is 86.0 Å². The number of nitrogens with zero attached hydrogens (tertiary/aromatic N) is 3. The van der Waals surface area contributed by atoms with E-state index < -0.39 is 14.0 Å². The molecule has 10 heteroatoms. The maximum absolute atomic E-state index is 14.5. The number of thiazole rings is 1. The van der Waals surface area contributed by atoms with Gasteiger partial charge in [0.25, 0.3) is 0 Å². The molecule has 0 amide bonds. The lowest BCUT2D eigenvalue weighted by molar-refractivity contribution is 0.451. The monoisotopic (exact) mass is 465 g/mol. The van der Waals surface area contributed by atoms with Gasteiger partial charge in [-0.1, -0.05) is 18.5 Å². The summed E-state index contributed by atoms with van der Waals surface area (Å²) in [5.41, 5.74) is 10.7. The van der Waals surface area contributed by atoms with Crippen LogP contribution in [-0.4, -0.2) is 27.8 Å². The van der Waals surface area contributed by atoms with E-state index in [4.69, 9.17) is 26.9 Å². The summed E-state index contributed by atoms with van der Waals surface area (Å²) in [6.45, 7) is 4.11. The van der Waals surface area contributed by atoms with Crippen molar-refractivity contribution in [3.8, 4) is 21.8 Å². The van der Waals surface area contributed by atoms with E-state index in [1.807, 2.05) is 6.66 Å². The smallest absolute Gasteiger partial charge is 0.220 e. The van der Waals surface area contributed by atoms with E-state index in [1.54, 1.807) is 23.6 Å². The van der Waals surface area contributed by atoms with Crippen molar-refractivity contribution in [2.24, 2.45) is 0 Å². The molecule has 3 N–H and O–H groups in total. The van der Waals surface area contributed by atoms with Crippen LogP contribution in [0.15, 0.2) is 24.4 Å². The van der Waals surface area contributed by atoms with Crippen molar-refractivity contribution >= 4 is 42.7 Å². The fourth-order valence-electron chi connectivity index (χ4n) is 3.02. The maximum Gasteiger partial charge on any atom is 0.220 e. The number of nitrogen functional groups attached to an aromatic ring is 1. The van der Waals surface area contributed by atoms with Gasteiger partial charge in [0.1, 0.15) is 5.82 Å². The predicted octanol–water partition coefficient (Wildman–Crippen LogP) is 6.30. The molecule has 30 heavy (non-hydrogen) atoms. The number of benzene rings is 1. The van der Waals surface area contributed by atoms with Crippen molar-refractivity contribution in [1.29, 1.82) is 0 Å². The first-order chi connectivity index (χ1) is 14.5. The SMILES string of the molecule is CCCP(C)ONc1cc(F)cc(-c2nc(C3CC3)sc2-c2ccnc(N)n2)c1Cl. The second-order valence-corrected chi connectivity index (χ2v) is 10.5. The van der Waals surface area contributed by atoms with Crippen LogP contribution in [0.3, 0.4) is 0 Å². The number of nitrogens with two attached hydrogens (primary N) is 1. The standard InChI is InChI=1S/C20H22ClFN5OPS/c1-3-8-29(2)28-27-15-10-12(22)9-13(16(15)21)17-18(14-6-7-24-20(23)25-14)30-19(26-17)11-4-5-11/h6-7,9-11,27H,3-5,8H2,1-2H3,(H2,23,24,25). The van der Waals surface area contributed by atoms with Crippen LogP contribution in [-0.2, 0) is 4.62 Å². The Bertz CT molecular complexity index is 1060. The number of aromatic nitrogens is 3. The number of halogens is 2. The minimum atomic E-state index is -0.669. The van der Waals surface area contributed by atoms with Gasteiger partial charge in [0.15, 0.2) is 0 Å². The summed E-state index contributed by atoms with van der Waals surface area (Å²) in [4.78, 5) is 13.9. The first kappa shape index (κ1) is 21.4. The molecule has 0 radical (unpaired) electrons. The van der Waals surface area contributed by atoms with E-state index in [2.05, 4.69) is 22.4 Å². The Morgan fingerprint density at radius 3 is 2.87 bits per heavy atom. The first-order valence-electron chi connectivity index (χ1n) is 9.69. The molecule has 6 nitrogen and oxygen atoms in total. The molecule has 0 saturated heterocycles. The molecule has 4 rings (SSSR count). The second-order valence-electron chi connectivity index (χ2n) is 7.16. The van der Waals surface area contributed by atoms with Crippen molar-refractivity contribution in [3.05, 3.63) is 40.2 Å². The second kappa shape index (κ2) is 9.10. The quantitative estimate of drug-likeness (QED) is 0.300. The van der Waals surface area contributed by atoms with Crippen LogP contribution in [0.5, 0.6) is 0 Å². The summed E-state index contributed by atoms with van der Waals surface area (Å²) in [5, 5.41) is 1.36. The Hall–Kier alpha value is -1.86. The van der Waals surface area contributed by atoms with Crippen LogP contribution in [0.2, 0.25) is 5.02 Å². The third-order valence-electron chi connectivity index (χ3n) is 4.62. The van der Waals surface area contributed by atoms with Crippen molar-refractivity contribution in [2.75, 3.05) is 24.0 Å². The molecule has 1 unspecified atom stereocenters. The average Bonchev–Trinajstić information content (AvgIpc) is 3.47. The van der Waals surface area contributed by atoms with Crippen molar-refractivity contribution in [3.63, 3.8) is 0 Å². The summed E-state index contributed by atoms with van der Waals surface area (Å²) in [7, 11) is -0.669. The molecular formula is C20H22ClFN5OPS. The number of nitrogens with one attached hydrogen (secondary N) is 1. The highest BCUT2D eigenvalue weighted by Gasteiger charge is 2.30. The molecule has 1 aliphatic carbocycles. The third kappa shape index (κ3) is 4.72. The lowest BCUT2D eigenvalue weighted by Crippen LogP contribution is -2.01. The van der Waals surface area contributed by atoms with Crippen LogP contribution in [0.25, 0.3) is 21.8 Å².